The Morgan fingerprint density at radius 2 is 1.56 bits per heavy atom. The molecule has 0 bridgehead atoms. The first-order valence-electron chi connectivity index (χ1n) is 16.8. The van der Waals surface area contributed by atoms with Gasteiger partial charge >= 0.3 is 5.97 Å². The number of carboxylic acid groups (broad SMARTS) is 1. The summed E-state index contributed by atoms with van der Waals surface area (Å²) in [5, 5.41) is 13.8. The largest absolute Gasteiger partial charge is 0.481 e. The van der Waals surface area contributed by atoms with Crippen molar-refractivity contribution < 1.29 is 19.5 Å². The number of aliphatic carboxylic acids is 1. The first-order chi connectivity index (χ1) is 20.0. The van der Waals surface area contributed by atoms with E-state index in [4.69, 9.17) is 0 Å². The number of carboxylic acids is 1. The molecule has 1 amide bonds. The van der Waals surface area contributed by atoms with Gasteiger partial charge in [0.15, 0.2) is 5.78 Å². The minimum Gasteiger partial charge on any atom is -0.481 e. The van der Waals surface area contributed by atoms with Crippen LogP contribution in [0.4, 0.5) is 0 Å². The highest BCUT2D eigenvalue weighted by Gasteiger charge is 2.70. The van der Waals surface area contributed by atoms with Gasteiger partial charge in [-0.3, -0.25) is 14.4 Å². The van der Waals surface area contributed by atoms with Crippen LogP contribution in [0.5, 0.6) is 0 Å². The van der Waals surface area contributed by atoms with Crippen LogP contribution < -0.4 is 5.32 Å². The highest BCUT2D eigenvalue weighted by molar-refractivity contribution is 6.04. The lowest BCUT2D eigenvalue weighted by atomic mass is 9.33. The SMILES string of the molecule is CC1(C)CC[C@]2(C(=O)O)CC[C@]3(C)C(=CCC4[C@@]5(C)CC(C(=O)NCc6ccccc6)C(=O)C(C)(C)C5CC[C@]43C)C2C1. The number of hydrogen-bond donors (Lipinski definition) is 2. The van der Waals surface area contributed by atoms with Gasteiger partial charge in [-0.1, -0.05) is 90.4 Å². The summed E-state index contributed by atoms with van der Waals surface area (Å²) in [7, 11) is 0. The van der Waals surface area contributed by atoms with E-state index in [1.807, 2.05) is 30.3 Å². The summed E-state index contributed by atoms with van der Waals surface area (Å²) in [6.07, 6.45) is 10.3. The molecule has 0 spiro atoms. The molecule has 0 aliphatic heterocycles. The Labute approximate surface area is 258 Å². The Bertz CT molecular complexity index is 1360. The van der Waals surface area contributed by atoms with Crippen LogP contribution in [0.2, 0.25) is 0 Å². The number of ketones is 1. The molecule has 0 saturated heterocycles. The number of carbonyl (C=O) groups excluding carboxylic acids is 2. The molecule has 5 aliphatic carbocycles. The number of carbonyl (C=O) groups is 3. The first-order valence-corrected chi connectivity index (χ1v) is 16.8. The maximum atomic E-state index is 14.0. The van der Waals surface area contributed by atoms with Crippen LogP contribution in [0.3, 0.4) is 0 Å². The zero-order valence-electron chi connectivity index (χ0n) is 27.5. The van der Waals surface area contributed by atoms with E-state index in [0.29, 0.717) is 18.9 Å². The second-order valence-corrected chi connectivity index (χ2v) is 17.2. The Morgan fingerprint density at radius 1 is 0.884 bits per heavy atom. The molecule has 0 radical (unpaired) electrons. The topological polar surface area (TPSA) is 83.5 Å². The number of amides is 1. The Hall–Kier alpha value is -2.43. The molecule has 4 fully saturated rings. The van der Waals surface area contributed by atoms with E-state index in [-0.39, 0.29) is 45.2 Å². The van der Waals surface area contributed by atoms with Gasteiger partial charge < -0.3 is 10.4 Å². The van der Waals surface area contributed by atoms with Crippen LogP contribution in [-0.4, -0.2) is 22.8 Å². The number of allylic oxidation sites excluding steroid dienone is 2. The molecule has 2 N–H and O–H groups in total. The molecule has 1 aromatic rings. The highest BCUT2D eigenvalue weighted by Crippen LogP contribution is 2.75. The second-order valence-electron chi connectivity index (χ2n) is 17.2. The predicted octanol–water partition coefficient (Wildman–Crippen LogP) is 7.98. The molecule has 5 heteroatoms. The van der Waals surface area contributed by atoms with Crippen molar-refractivity contribution in [1.82, 2.24) is 5.32 Å². The van der Waals surface area contributed by atoms with Gasteiger partial charge in [-0.05, 0) is 103 Å². The van der Waals surface area contributed by atoms with Gasteiger partial charge in [0.1, 0.15) is 0 Å². The number of hydrogen-bond acceptors (Lipinski definition) is 3. The minimum atomic E-state index is -0.648. The fourth-order valence-corrected chi connectivity index (χ4v) is 11.7. The molecule has 43 heavy (non-hydrogen) atoms. The lowest BCUT2D eigenvalue weighted by Gasteiger charge is -2.70. The van der Waals surface area contributed by atoms with Crippen molar-refractivity contribution in [2.24, 2.45) is 56.2 Å². The molecule has 0 heterocycles. The normalized spacial score (nSPS) is 42.8. The van der Waals surface area contributed by atoms with E-state index < -0.39 is 22.7 Å². The summed E-state index contributed by atoms with van der Waals surface area (Å²) in [4.78, 5) is 40.7. The third kappa shape index (κ3) is 4.26. The molecule has 1 aromatic carbocycles. The van der Waals surface area contributed by atoms with Crippen molar-refractivity contribution in [3.8, 4) is 0 Å². The molecule has 8 atom stereocenters. The third-order valence-electron chi connectivity index (χ3n) is 14.4. The first kappa shape index (κ1) is 30.6. The standard InChI is InChI=1S/C38H53NO4/c1-33(2)17-19-38(32(42)43)20-18-36(6)26(27(38)22-33)13-14-29-35(5)21-25(31(41)39-23-24-11-9-8-10-12-24)30(40)34(3,4)28(35)15-16-37(29,36)7/h8-13,25,27-29H,14-23H2,1-7H3,(H,39,41)(H,42,43)/t25?,27?,28?,29?,35-,36+,37+,38-/m0/s1. The second kappa shape index (κ2) is 9.78. The quantitative estimate of drug-likeness (QED) is 0.276. The maximum absolute atomic E-state index is 14.0. The Morgan fingerprint density at radius 3 is 2.23 bits per heavy atom. The molecule has 0 aromatic heterocycles. The molecular formula is C38H53NO4. The molecule has 5 nitrogen and oxygen atoms in total. The molecular weight excluding hydrogens is 534 g/mol. The van der Waals surface area contributed by atoms with Crippen molar-refractivity contribution >= 4 is 17.7 Å². The van der Waals surface area contributed by atoms with Crippen molar-refractivity contribution in [3.05, 3.63) is 47.5 Å². The van der Waals surface area contributed by atoms with Crippen LogP contribution in [0, 0.1) is 56.2 Å². The van der Waals surface area contributed by atoms with Gasteiger partial charge in [0.05, 0.1) is 11.3 Å². The van der Waals surface area contributed by atoms with Gasteiger partial charge in [0, 0.05) is 12.0 Å². The lowest BCUT2D eigenvalue weighted by Crippen LogP contribution is -2.66. The number of benzene rings is 1. The Balaban J connectivity index is 1.36. The van der Waals surface area contributed by atoms with E-state index >= 15 is 0 Å². The predicted molar refractivity (Wildman–Crippen MR) is 169 cm³/mol. The molecule has 6 rings (SSSR count). The van der Waals surface area contributed by atoms with Crippen LogP contribution in [0.15, 0.2) is 42.0 Å². The zero-order valence-corrected chi connectivity index (χ0v) is 27.5. The van der Waals surface area contributed by atoms with Gasteiger partial charge in [0.25, 0.3) is 0 Å². The molecule has 5 aliphatic rings. The fraction of sp³-hybridized carbons (Fsp3) is 0.711. The summed E-state index contributed by atoms with van der Waals surface area (Å²) >= 11 is 0. The Kier molecular flexibility index (Phi) is 6.96. The number of fused-ring (bicyclic) bond motifs is 7. The van der Waals surface area contributed by atoms with Crippen LogP contribution in [-0.2, 0) is 20.9 Å². The monoisotopic (exact) mass is 587 g/mol. The maximum Gasteiger partial charge on any atom is 0.310 e. The number of rotatable bonds is 4. The molecule has 4 saturated carbocycles. The van der Waals surface area contributed by atoms with Gasteiger partial charge in [-0.2, -0.15) is 0 Å². The van der Waals surface area contributed by atoms with Crippen molar-refractivity contribution in [1.29, 1.82) is 0 Å². The van der Waals surface area contributed by atoms with Gasteiger partial charge in [-0.15, -0.1) is 0 Å². The van der Waals surface area contributed by atoms with Crippen molar-refractivity contribution in [3.63, 3.8) is 0 Å². The summed E-state index contributed by atoms with van der Waals surface area (Å²) < 4.78 is 0. The zero-order chi connectivity index (χ0) is 31.2. The van der Waals surface area contributed by atoms with Crippen LogP contribution >= 0.6 is 0 Å². The van der Waals surface area contributed by atoms with E-state index in [1.54, 1.807) is 0 Å². The van der Waals surface area contributed by atoms with Crippen molar-refractivity contribution in [2.75, 3.05) is 0 Å². The number of Topliss-reactive ketones (excluding diaryl/α,β-unsaturated/α-hetero) is 1. The summed E-state index contributed by atoms with van der Waals surface area (Å²) in [5.41, 5.74) is 1.09. The average molecular weight is 588 g/mol. The third-order valence-corrected chi connectivity index (χ3v) is 14.4. The summed E-state index contributed by atoms with van der Waals surface area (Å²) in [6.45, 7) is 16.6. The van der Waals surface area contributed by atoms with Crippen LogP contribution in [0.25, 0.3) is 0 Å². The van der Waals surface area contributed by atoms with Crippen LogP contribution in [0.1, 0.15) is 112 Å². The number of nitrogens with one attached hydrogen (secondary N) is 1. The van der Waals surface area contributed by atoms with Crippen molar-refractivity contribution in [2.45, 2.75) is 113 Å². The summed E-state index contributed by atoms with van der Waals surface area (Å²) in [6, 6.07) is 9.90. The lowest BCUT2D eigenvalue weighted by molar-refractivity contribution is -0.195. The van der Waals surface area contributed by atoms with Gasteiger partial charge in [-0.25, -0.2) is 0 Å². The molecule has 4 unspecified atom stereocenters. The molecule has 234 valence electrons. The minimum absolute atomic E-state index is 0.0177. The smallest absolute Gasteiger partial charge is 0.310 e. The van der Waals surface area contributed by atoms with E-state index in [9.17, 15) is 19.5 Å². The van der Waals surface area contributed by atoms with E-state index in [2.05, 4.69) is 59.9 Å². The fourth-order valence-electron chi connectivity index (χ4n) is 11.7. The summed E-state index contributed by atoms with van der Waals surface area (Å²) in [5.74, 6) is -0.662. The average Bonchev–Trinajstić information content (AvgIpc) is 2.94. The van der Waals surface area contributed by atoms with E-state index in [1.165, 1.54) is 5.57 Å². The van der Waals surface area contributed by atoms with Gasteiger partial charge in [0.2, 0.25) is 5.91 Å². The van der Waals surface area contributed by atoms with E-state index in [0.717, 1.165) is 56.9 Å². The highest BCUT2D eigenvalue weighted by atomic mass is 16.4.